The van der Waals surface area contributed by atoms with E-state index in [0.717, 1.165) is 22.3 Å². The molecule has 3 nitrogen and oxygen atoms in total. The van der Waals surface area contributed by atoms with Crippen molar-refractivity contribution in [3.05, 3.63) is 36.0 Å². The Morgan fingerprint density at radius 2 is 2.00 bits per heavy atom. The minimum absolute atomic E-state index is 0.190. The molecule has 1 heterocycles. The SMILES string of the molecule is Cc1ccc2cccc(OCC(O)C(C)C)c2n1. The van der Waals surface area contributed by atoms with Gasteiger partial charge in [-0.1, -0.05) is 32.0 Å². The molecule has 96 valence electrons. The van der Waals surface area contributed by atoms with Crippen molar-refractivity contribution in [1.82, 2.24) is 4.98 Å². The highest BCUT2D eigenvalue weighted by Crippen LogP contribution is 2.24. The quantitative estimate of drug-likeness (QED) is 0.900. The van der Waals surface area contributed by atoms with Crippen LogP contribution in [0.15, 0.2) is 30.3 Å². The van der Waals surface area contributed by atoms with Gasteiger partial charge in [-0.15, -0.1) is 0 Å². The van der Waals surface area contributed by atoms with Crippen molar-refractivity contribution in [2.45, 2.75) is 26.9 Å². The molecule has 1 unspecified atom stereocenters. The summed E-state index contributed by atoms with van der Waals surface area (Å²) < 4.78 is 5.68. The summed E-state index contributed by atoms with van der Waals surface area (Å²) in [6.07, 6.45) is -0.454. The Bertz CT molecular complexity index is 537. The monoisotopic (exact) mass is 245 g/mol. The van der Waals surface area contributed by atoms with Crippen LogP contribution in [0.3, 0.4) is 0 Å². The second-order valence-corrected chi connectivity index (χ2v) is 4.90. The second kappa shape index (κ2) is 5.36. The first-order valence-electron chi connectivity index (χ1n) is 6.25. The summed E-state index contributed by atoms with van der Waals surface area (Å²) in [5.74, 6) is 0.922. The van der Waals surface area contributed by atoms with Gasteiger partial charge < -0.3 is 9.84 Å². The Hall–Kier alpha value is -1.61. The lowest BCUT2D eigenvalue weighted by molar-refractivity contribution is 0.0707. The number of hydrogen-bond donors (Lipinski definition) is 1. The van der Waals surface area contributed by atoms with E-state index >= 15 is 0 Å². The maximum absolute atomic E-state index is 9.77. The number of aliphatic hydroxyl groups is 1. The number of nitrogens with zero attached hydrogens (tertiary/aromatic N) is 1. The molecule has 0 aliphatic rings. The number of rotatable bonds is 4. The van der Waals surface area contributed by atoms with E-state index in [4.69, 9.17) is 4.74 Å². The topological polar surface area (TPSA) is 42.4 Å². The van der Waals surface area contributed by atoms with Crippen LogP contribution < -0.4 is 4.74 Å². The standard InChI is InChI=1S/C15H19NO2/c1-10(2)13(17)9-18-14-6-4-5-12-8-7-11(3)16-15(12)14/h4-8,10,13,17H,9H2,1-3H3. The van der Waals surface area contributed by atoms with Gasteiger partial charge in [-0.25, -0.2) is 4.98 Å². The molecular formula is C15H19NO2. The zero-order valence-corrected chi connectivity index (χ0v) is 11.1. The summed E-state index contributed by atoms with van der Waals surface area (Å²) in [5, 5.41) is 10.8. The smallest absolute Gasteiger partial charge is 0.145 e. The molecular weight excluding hydrogens is 226 g/mol. The molecule has 0 aliphatic heterocycles. The molecule has 3 heteroatoms. The normalized spacial score (nSPS) is 12.9. The first-order valence-corrected chi connectivity index (χ1v) is 6.25. The van der Waals surface area contributed by atoms with E-state index in [1.54, 1.807) is 0 Å². The van der Waals surface area contributed by atoms with E-state index in [2.05, 4.69) is 4.98 Å². The van der Waals surface area contributed by atoms with Gasteiger partial charge in [0.2, 0.25) is 0 Å². The first-order chi connectivity index (χ1) is 8.58. The van der Waals surface area contributed by atoms with E-state index < -0.39 is 6.10 Å². The van der Waals surface area contributed by atoms with Gasteiger partial charge in [0.05, 0.1) is 6.10 Å². The van der Waals surface area contributed by atoms with Crippen LogP contribution in [0.5, 0.6) is 5.75 Å². The second-order valence-electron chi connectivity index (χ2n) is 4.90. The van der Waals surface area contributed by atoms with Crippen molar-refractivity contribution in [3.8, 4) is 5.75 Å². The van der Waals surface area contributed by atoms with Gasteiger partial charge in [-0.05, 0) is 25.0 Å². The van der Waals surface area contributed by atoms with Crippen molar-refractivity contribution in [1.29, 1.82) is 0 Å². The molecule has 0 bridgehead atoms. The Balaban J connectivity index is 2.25. The molecule has 0 amide bonds. The van der Waals surface area contributed by atoms with Gasteiger partial charge in [0.1, 0.15) is 17.9 Å². The molecule has 18 heavy (non-hydrogen) atoms. The van der Waals surface area contributed by atoms with Crippen LogP contribution in [0, 0.1) is 12.8 Å². The highest BCUT2D eigenvalue weighted by Gasteiger charge is 2.11. The fraction of sp³-hybridized carbons (Fsp3) is 0.400. The number of fused-ring (bicyclic) bond motifs is 1. The van der Waals surface area contributed by atoms with Crippen LogP contribution in [0.1, 0.15) is 19.5 Å². The number of aromatic nitrogens is 1. The van der Waals surface area contributed by atoms with E-state index in [-0.39, 0.29) is 5.92 Å². The van der Waals surface area contributed by atoms with Crippen molar-refractivity contribution >= 4 is 10.9 Å². The van der Waals surface area contributed by atoms with Crippen molar-refractivity contribution in [3.63, 3.8) is 0 Å². The van der Waals surface area contributed by atoms with Crippen LogP contribution in [0.4, 0.5) is 0 Å². The fourth-order valence-corrected chi connectivity index (χ4v) is 1.70. The molecule has 0 radical (unpaired) electrons. The van der Waals surface area contributed by atoms with Crippen LogP contribution in [0.2, 0.25) is 0 Å². The lowest BCUT2D eigenvalue weighted by atomic mass is 10.1. The van der Waals surface area contributed by atoms with Gasteiger partial charge in [0.15, 0.2) is 0 Å². The molecule has 0 fully saturated rings. The summed E-state index contributed by atoms with van der Waals surface area (Å²) in [4.78, 5) is 4.49. The predicted octanol–water partition coefficient (Wildman–Crippen LogP) is 2.94. The molecule has 0 saturated carbocycles. The number of aryl methyl sites for hydroxylation is 1. The van der Waals surface area contributed by atoms with E-state index in [9.17, 15) is 5.11 Å². The van der Waals surface area contributed by atoms with Crippen molar-refractivity contribution in [2.75, 3.05) is 6.61 Å². The van der Waals surface area contributed by atoms with Crippen LogP contribution in [0.25, 0.3) is 10.9 Å². The van der Waals surface area contributed by atoms with Gasteiger partial charge in [0.25, 0.3) is 0 Å². The highest BCUT2D eigenvalue weighted by atomic mass is 16.5. The fourth-order valence-electron chi connectivity index (χ4n) is 1.70. The number of aliphatic hydroxyl groups excluding tert-OH is 1. The average molecular weight is 245 g/mol. The third-order valence-corrected chi connectivity index (χ3v) is 3.00. The van der Waals surface area contributed by atoms with Gasteiger partial charge in [-0.3, -0.25) is 0 Å². The largest absolute Gasteiger partial charge is 0.489 e. The summed E-state index contributed by atoms with van der Waals surface area (Å²) in [7, 11) is 0. The minimum Gasteiger partial charge on any atom is -0.489 e. The number of pyridine rings is 1. The number of para-hydroxylation sites is 1. The Labute approximate surface area is 107 Å². The molecule has 1 N–H and O–H groups in total. The minimum atomic E-state index is -0.454. The highest BCUT2D eigenvalue weighted by molar-refractivity contribution is 5.84. The molecule has 0 aliphatic carbocycles. The van der Waals surface area contributed by atoms with Gasteiger partial charge >= 0.3 is 0 Å². The summed E-state index contributed by atoms with van der Waals surface area (Å²) in [5.41, 5.74) is 1.82. The zero-order valence-electron chi connectivity index (χ0n) is 11.1. The van der Waals surface area contributed by atoms with Crippen LogP contribution >= 0.6 is 0 Å². The number of benzene rings is 1. The molecule has 1 aromatic carbocycles. The van der Waals surface area contributed by atoms with E-state index in [1.807, 2.05) is 51.1 Å². The maximum Gasteiger partial charge on any atom is 0.145 e. The lowest BCUT2D eigenvalue weighted by Crippen LogP contribution is -2.23. The Kier molecular flexibility index (Phi) is 3.82. The van der Waals surface area contributed by atoms with Gasteiger partial charge in [0, 0.05) is 11.1 Å². The number of hydrogen-bond acceptors (Lipinski definition) is 3. The van der Waals surface area contributed by atoms with Crippen molar-refractivity contribution < 1.29 is 9.84 Å². The molecule has 0 spiro atoms. The van der Waals surface area contributed by atoms with Gasteiger partial charge in [-0.2, -0.15) is 0 Å². The number of ether oxygens (including phenoxy) is 1. The third-order valence-electron chi connectivity index (χ3n) is 3.00. The maximum atomic E-state index is 9.77. The average Bonchev–Trinajstić information content (AvgIpc) is 2.35. The molecule has 2 rings (SSSR count). The van der Waals surface area contributed by atoms with E-state index in [0.29, 0.717) is 6.61 Å². The Morgan fingerprint density at radius 3 is 2.72 bits per heavy atom. The van der Waals surface area contributed by atoms with Crippen molar-refractivity contribution in [2.24, 2.45) is 5.92 Å². The van der Waals surface area contributed by atoms with E-state index in [1.165, 1.54) is 0 Å². The summed E-state index contributed by atoms with van der Waals surface area (Å²) >= 11 is 0. The molecule has 2 aromatic rings. The first kappa shape index (κ1) is 12.8. The molecule has 1 aromatic heterocycles. The molecule has 0 saturated heterocycles. The summed E-state index contributed by atoms with van der Waals surface area (Å²) in [6, 6.07) is 9.85. The lowest BCUT2D eigenvalue weighted by Gasteiger charge is -2.16. The predicted molar refractivity (Wildman–Crippen MR) is 72.8 cm³/mol. The van der Waals surface area contributed by atoms with Crippen LogP contribution in [-0.2, 0) is 0 Å². The third kappa shape index (κ3) is 2.79. The van der Waals surface area contributed by atoms with Crippen LogP contribution in [-0.4, -0.2) is 22.8 Å². The molecule has 1 atom stereocenters. The Morgan fingerprint density at radius 1 is 1.22 bits per heavy atom. The zero-order chi connectivity index (χ0) is 13.1. The summed E-state index contributed by atoms with van der Waals surface area (Å²) in [6.45, 7) is 6.20.